The van der Waals surface area contributed by atoms with Gasteiger partial charge in [0.1, 0.15) is 13.2 Å². The van der Waals surface area contributed by atoms with Gasteiger partial charge < -0.3 is 14.2 Å². The van der Waals surface area contributed by atoms with Crippen molar-refractivity contribution in [3.8, 4) is 0 Å². The lowest BCUT2D eigenvalue weighted by molar-refractivity contribution is -0.167. The summed E-state index contributed by atoms with van der Waals surface area (Å²) >= 11 is 0. The second-order valence-electron chi connectivity index (χ2n) is 19.9. The fraction of sp³-hybridized carbons (Fsp3) is 0.687. The first-order chi connectivity index (χ1) is 36.0. The summed E-state index contributed by atoms with van der Waals surface area (Å²) in [4.78, 5) is 38.1. The van der Waals surface area contributed by atoms with E-state index in [4.69, 9.17) is 14.2 Å². The van der Waals surface area contributed by atoms with E-state index in [1.54, 1.807) is 0 Å². The number of ether oxygens (including phenoxy) is 3. The molecule has 0 spiro atoms. The summed E-state index contributed by atoms with van der Waals surface area (Å²) in [6, 6.07) is 0. The number of carbonyl (C=O) groups excluding carboxylic acids is 3. The standard InChI is InChI=1S/C67H112O6/c1-4-7-10-13-16-19-22-24-25-26-27-28-29-30-31-32-33-34-35-36-37-38-39-40-41-43-45-48-51-54-57-60-66(69)72-63-64(62-71-65(68)59-56-53-50-47-44-21-18-15-12-9-6-3)73-67(70)61-58-55-52-49-46-42-23-20-17-14-11-8-5-2/h7,10,16,19-20,23-25,27-28,30-31,33-34,36-37,39-40,64H,4-6,8-9,11-15,17-18,21-22,26,29,32,35,38,41-63H2,1-3H3/b10-7-,19-16-,23-20-,25-24-,28-27-,31-30-,34-33-,37-36-,40-39-. The molecule has 0 saturated heterocycles. The molecule has 0 radical (unpaired) electrons. The van der Waals surface area contributed by atoms with Gasteiger partial charge in [0.25, 0.3) is 0 Å². The lowest BCUT2D eigenvalue weighted by atomic mass is 10.1. The first-order valence-electron chi connectivity index (χ1n) is 30.4. The Balaban J connectivity index is 4.26. The molecule has 1 unspecified atom stereocenters. The molecular formula is C67H112O6. The summed E-state index contributed by atoms with van der Waals surface area (Å²) in [7, 11) is 0. The van der Waals surface area contributed by atoms with Crippen LogP contribution in [-0.2, 0) is 28.6 Å². The van der Waals surface area contributed by atoms with Crippen LogP contribution in [0.1, 0.15) is 278 Å². The van der Waals surface area contributed by atoms with Crippen LogP contribution in [0.15, 0.2) is 109 Å². The Hall–Kier alpha value is -3.93. The lowest BCUT2D eigenvalue weighted by Crippen LogP contribution is -2.30. The van der Waals surface area contributed by atoms with Crippen molar-refractivity contribution in [3.63, 3.8) is 0 Å². The molecule has 0 aliphatic rings. The Morgan fingerprint density at radius 1 is 0.288 bits per heavy atom. The van der Waals surface area contributed by atoms with E-state index in [2.05, 4.69) is 130 Å². The molecular weight excluding hydrogens is 901 g/mol. The molecule has 1 atom stereocenters. The van der Waals surface area contributed by atoms with E-state index in [1.165, 1.54) is 103 Å². The fourth-order valence-corrected chi connectivity index (χ4v) is 8.22. The summed E-state index contributed by atoms with van der Waals surface area (Å²) in [5.41, 5.74) is 0. The monoisotopic (exact) mass is 1010 g/mol. The van der Waals surface area contributed by atoms with E-state index in [9.17, 15) is 14.4 Å². The van der Waals surface area contributed by atoms with Gasteiger partial charge in [-0.05, 0) is 109 Å². The predicted octanol–water partition coefficient (Wildman–Crippen LogP) is 20.7. The molecule has 0 aromatic rings. The fourth-order valence-electron chi connectivity index (χ4n) is 8.22. The third-order valence-electron chi connectivity index (χ3n) is 12.8. The predicted molar refractivity (Wildman–Crippen MR) is 316 cm³/mol. The molecule has 73 heavy (non-hydrogen) atoms. The van der Waals surface area contributed by atoms with Crippen LogP contribution >= 0.6 is 0 Å². The van der Waals surface area contributed by atoms with E-state index in [0.29, 0.717) is 19.3 Å². The first kappa shape index (κ1) is 69.1. The highest BCUT2D eigenvalue weighted by molar-refractivity contribution is 5.71. The molecule has 0 amide bonds. The minimum atomic E-state index is -0.787. The molecule has 416 valence electrons. The number of carbonyl (C=O) groups is 3. The molecule has 0 fully saturated rings. The first-order valence-corrected chi connectivity index (χ1v) is 30.4. The van der Waals surface area contributed by atoms with Crippen LogP contribution in [0, 0.1) is 0 Å². The second kappa shape index (κ2) is 60.6. The van der Waals surface area contributed by atoms with Gasteiger partial charge in [0.15, 0.2) is 6.10 Å². The smallest absolute Gasteiger partial charge is 0.306 e. The highest BCUT2D eigenvalue weighted by Crippen LogP contribution is 2.15. The third-order valence-corrected chi connectivity index (χ3v) is 12.8. The lowest BCUT2D eigenvalue weighted by Gasteiger charge is -2.18. The van der Waals surface area contributed by atoms with Gasteiger partial charge >= 0.3 is 17.9 Å². The number of hydrogen-bond donors (Lipinski definition) is 0. The normalized spacial score (nSPS) is 12.9. The Kier molecular flexibility index (Phi) is 57.4. The van der Waals surface area contributed by atoms with Crippen LogP contribution in [0.2, 0.25) is 0 Å². The van der Waals surface area contributed by atoms with Gasteiger partial charge in [-0.25, -0.2) is 0 Å². The summed E-state index contributed by atoms with van der Waals surface area (Å²) in [6.45, 7) is 6.49. The van der Waals surface area contributed by atoms with Crippen molar-refractivity contribution in [1.82, 2.24) is 0 Å². The zero-order valence-corrected chi connectivity index (χ0v) is 47.6. The number of esters is 3. The van der Waals surface area contributed by atoms with E-state index in [-0.39, 0.29) is 31.1 Å². The van der Waals surface area contributed by atoms with Crippen molar-refractivity contribution in [2.75, 3.05) is 13.2 Å². The van der Waals surface area contributed by atoms with Gasteiger partial charge in [0, 0.05) is 19.3 Å². The topological polar surface area (TPSA) is 78.9 Å². The van der Waals surface area contributed by atoms with Gasteiger partial charge in [-0.3, -0.25) is 14.4 Å². The van der Waals surface area contributed by atoms with Gasteiger partial charge in [-0.1, -0.05) is 259 Å². The number of hydrogen-bond acceptors (Lipinski definition) is 6. The van der Waals surface area contributed by atoms with Crippen LogP contribution in [0.25, 0.3) is 0 Å². The van der Waals surface area contributed by atoms with Crippen LogP contribution < -0.4 is 0 Å². The maximum atomic E-state index is 12.8. The van der Waals surface area contributed by atoms with Crippen molar-refractivity contribution >= 4 is 17.9 Å². The molecule has 0 heterocycles. The summed E-state index contributed by atoms with van der Waals surface area (Å²) in [6.07, 6.45) is 82.3. The maximum Gasteiger partial charge on any atom is 0.306 e. The van der Waals surface area contributed by atoms with Crippen LogP contribution in [0.4, 0.5) is 0 Å². The minimum absolute atomic E-state index is 0.0844. The van der Waals surface area contributed by atoms with Crippen molar-refractivity contribution < 1.29 is 28.6 Å². The van der Waals surface area contributed by atoms with E-state index >= 15 is 0 Å². The summed E-state index contributed by atoms with van der Waals surface area (Å²) in [5.74, 6) is -0.907. The highest BCUT2D eigenvalue weighted by Gasteiger charge is 2.19. The average molecular weight is 1010 g/mol. The Bertz CT molecular complexity index is 1490. The van der Waals surface area contributed by atoms with Gasteiger partial charge in [0.2, 0.25) is 0 Å². The van der Waals surface area contributed by atoms with Crippen molar-refractivity contribution in [1.29, 1.82) is 0 Å². The van der Waals surface area contributed by atoms with Crippen molar-refractivity contribution in [3.05, 3.63) is 109 Å². The molecule has 0 aliphatic carbocycles. The van der Waals surface area contributed by atoms with Gasteiger partial charge in [-0.15, -0.1) is 0 Å². The van der Waals surface area contributed by atoms with Gasteiger partial charge in [0.05, 0.1) is 0 Å². The number of rotatable bonds is 54. The van der Waals surface area contributed by atoms with Crippen LogP contribution in [0.3, 0.4) is 0 Å². The molecule has 0 aliphatic heterocycles. The van der Waals surface area contributed by atoms with Crippen molar-refractivity contribution in [2.45, 2.75) is 284 Å². The third kappa shape index (κ3) is 58.8. The maximum absolute atomic E-state index is 12.8. The molecule has 0 bridgehead atoms. The van der Waals surface area contributed by atoms with E-state index < -0.39 is 6.10 Å². The van der Waals surface area contributed by atoms with Crippen LogP contribution in [0.5, 0.6) is 0 Å². The zero-order chi connectivity index (χ0) is 52.9. The molecule has 0 rings (SSSR count). The molecule has 6 heteroatoms. The van der Waals surface area contributed by atoms with E-state index in [0.717, 1.165) is 135 Å². The molecule has 0 N–H and O–H groups in total. The molecule has 0 aromatic carbocycles. The number of unbranched alkanes of at least 4 members (excludes halogenated alkanes) is 25. The van der Waals surface area contributed by atoms with Crippen LogP contribution in [-0.4, -0.2) is 37.2 Å². The summed E-state index contributed by atoms with van der Waals surface area (Å²) < 4.78 is 16.8. The molecule has 6 nitrogen and oxygen atoms in total. The van der Waals surface area contributed by atoms with E-state index in [1.807, 2.05) is 0 Å². The van der Waals surface area contributed by atoms with Crippen molar-refractivity contribution in [2.24, 2.45) is 0 Å². The molecule has 0 aromatic heterocycles. The second-order valence-corrected chi connectivity index (χ2v) is 19.9. The largest absolute Gasteiger partial charge is 0.462 e. The minimum Gasteiger partial charge on any atom is -0.462 e. The average Bonchev–Trinajstić information content (AvgIpc) is 3.39. The zero-order valence-electron chi connectivity index (χ0n) is 47.6. The Morgan fingerprint density at radius 3 is 0.863 bits per heavy atom. The summed E-state index contributed by atoms with van der Waals surface area (Å²) in [5, 5.41) is 0. The molecule has 0 saturated carbocycles. The number of allylic oxidation sites excluding steroid dienone is 18. The highest BCUT2D eigenvalue weighted by atomic mass is 16.6. The SMILES string of the molecule is CC/C=C\C/C=C\C/C=C\C/C=C\C/C=C\C/C=C\C/C=C\C/C=C\CCCCCCCCC(=O)OCC(COC(=O)CCCCCCCCCCCCC)OC(=O)CCCCCCC/C=C\CCCCCC. The van der Waals surface area contributed by atoms with Gasteiger partial charge in [-0.2, -0.15) is 0 Å². The Labute approximate surface area is 450 Å². The quantitative estimate of drug-likeness (QED) is 0.0261. The Morgan fingerprint density at radius 2 is 0.534 bits per heavy atom.